The van der Waals surface area contributed by atoms with Crippen molar-refractivity contribution in [1.82, 2.24) is 10.3 Å². The Morgan fingerprint density at radius 3 is 2.28 bits per heavy atom. The van der Waals surface area contributed by atoms with Crippen molar-refractivity contribution in [2.24, 2.45) is 0 Å². The number of aryl methyl sites for hydroxylation is 1. The van der Waals surface area contributed by atoms with Gasteiger partial charge >= 0.3 is 0 Å². The van der Waals surface area contributed by atoms with Crippen molar-refractivity contribution in [3.63, 3.8) is 0 Å². The molecule has 1 heterocycles. The number of hydrogen-bond acceptors (Lipinski definition) is 3. The van der Waals surface area contributed by atoms with Gasteiger partial charge in [0.2, 0.25) is 5.91 Å². The highest BCUT2D eigenvalue weighted by atomic mass is 19.1. The standard InChI is InChI=1S/C23H24F2N2O2/c1-14(2)16-7-9-17(10-8-16)15(3)27-21(28)11-12-22-26-13-20(29-22)23-18(24)5-4-6-19(23)25/h4-10,13-15H,11-12H2,1-3H3,(H,27,28)/t15-/m1/s1. The van der Waals surface area contributed by atoms with E-state index in [1.165, 1.54) is 17.8 Å². The van der Waals surface area contributed by atoms with Crippen molar-refractivity contribution in [1.29, 1.82) is 0 Å². The number of nitrogens with zero attached hydrogens (tertiary/aromatic N) is 1. The van der Waals surface area contributed by atoms with Crippen molar-refractivity contribution in [2.45, 2.75) is 45.6 Å². The normalized spacial score (nSPS) is 12.2. The van der Waals surface area contributed by atoms with Gasteiger partial charge in [0.05, 0.1) is 17.8 Å². The Kier molecular flexibility index (Phi) is 6.42. The molecule has 0 unspecified atom stereocenters. The summed E-state index contributed by atoms with van der Waals surface area (Å²) in [6.45, 7) is 6.19. The van der Waals surface area contributed by atoms with Crippen LogP contribution in [0.4, 0.5) is 8.78 Å². The first-order chi connectivity index (χ1) is 13.8. The van der Waals surface area contributed by atoms with Crippen LogP contribution in [0.1, 0.15) is 56.2 Å². The van der Waals surface area contributed by atoms with Crippen molar-refractivity contribution < 1.29 is 18.0 Å². The summed E-state index contributed by atoms with van der Waals surface area (Å²) in [4.78, 5) is 16.3. The van der Waals surface area contributed by atoms with E-state index in [-0.39, 0.29) is 42.0 Å². The van der Waals surface area contributed by atoms with Gasteiger partial charge < -0.3 is 9.73 Å². The highest BCUT2D eigenvalue weighted by molar-refractivity contribution is 5.76. The zero-order chi connectivity index (χ0) is 21.0. The zero-order valence-electron chi connectivity index (χ0n) is 16.7. The van der Waals surface area contributed by atoms with Crippen molar-refractivity contribution in [2.75, 3.05) is 0 Å². The summed E-state index contributed by atoms with van der Waals surface area (Å²) < 4.78 is 33.1. The van der Waals surface area contributed by atoms with Crippen LogP contribution in [0.5, 0.6) is 0 Å². The second kappa shape index (κ2) is 8.99. The third kappa shape index (κ3) is 5.08. The molecule has 4 nitrogen and oxygen atoms in total. The third-order valence-electron chi connectivity index (χ3n) is 4.81. The number of oxazole rings is 1. The SMILES string of the molecule is CC(C)c1ccc([C@@H](C)NC(=O)CCc2ncc(-c3c(F)cccc3F)o2)cc1. The van der Waals surface area contributed by atoms with E-state index in [1.807, 2.05) is 19.1 Å². The van der Waals surface area contributed by atoms with Gasteiger partial charge in [0.1, 0.15) is 11.6 Å². The number of carbonyl (C=O) groups is 1. The predicted molar refractivity (Wildman–Crippen MR) is 107 cm³/mol. The lowest BCUT2D eigenvalue weighted by molar-refractivity contribution is -0.121. The number of amides is 1. The van der Waals surface area contributed by atoms with Crippen LogP contribution in [0.3, 0.4) is 0 Å². The Morgan fingerprint density at radius 1 is 1.03 bits per heavy atom. The minimum atomic E-state index is -0.720. The van der Waals surface area contributed by atoms with Gasteiger partial charge in [0.15, 0.2) is 11.7 Å². The molecular weight excluding hydrogens is 374 g/mol. The Balaban J connectivity index is 1.56. The molecule has 0 fully saturated rings. The molecule has 29 heavy (non-hydrogen) atoms. The smallest absolute Gasteiger partial charge is 0.220 e. The largest absolute Gasteiger partial charge is 0.441 e. The Labute approximate surface area is 169 Å². The minimum Gasteiger partial charge on any atom is -0.441 e. The van der Waals surface area contributed by atoms with Crippen molar-refractivity contribution >= 4 is 5.91 Å². The fourth-order valence-electron chi connectivity index (χ4n) is 3.06. The molecule has 1 aromatic heterocycles. The molecule has 152 valence electrons. The molecule has 6 heteroatoms. The number of rotatable bonds is 7. The topological polar surface area (TPSA) is 55.1 Å². The Hall–Kier alpha value is -3.02. The Morgan fingerprint density at radius 2 is 1.66 bits per heavy atom. The first kappa shape index (κ1) is 20.7. The van der Waals surface area contributed by atoms with E-state index in [4.69, 9.17) is 4.42 Å². The quantitative estimate of drug-likeness (QED) is 0.567. The van der Waals surface area contributed by atoms with Crippen molar-refractivity contribution in [3.05, 3.63) is 77.3 Å². The second-order valence-electron chi connectivity index (χ2n) is 7.33. The Bertz CT molecular complexity index is 961. The molecular formula is C23H24F2N2O2. The number of carbonyl (C=O) groups excluding carboxylic acids is 1. The molecule has 0 spiro atoms. The summed E-state index contributed by atoms with van der Waals surface area (Å²) in [6, 6.07) is 11.6. The van der Waals surface area contributed by atoms with Crippen LogP contribution >= 0.6 is 0 Å². The first-order valence-corrected chi connectivity index (χ1v) is 9.63. The summed E-state index contributed by atoms with van der Waals surface area (Å²) >= 11 is 0. The summed E-state index contributed by atoms with van der Waals surface area (Å²) in [6.07, 6.45) is 1.67. The number of halogens is 2. The molecule has 2 aromatic carbocycles. The average molecular weight is 398 g/mol. The van der Waals surface area contributed by atoms with E-state index in [9.17, 15) is 13.6 Å². The van der Waals surface area contributed by atoms with Gasteiger partial charge in [-0.25, -0.2) is 13.8 Å². The van der Waals surface area contributed by atoms with Crippen LogP contribution in [-0.4, -0.2) is 10.9 Å². The molecule has 0 bridgehead atoms. The van der Waals surface area contributed by atoms with Crippen LogP contribution in [-0.2, 0) is 11.2 Å². The minimum absolute atomic E-state index is 0.00891. The molecule has 0 saturated heterocycles. The molecule has 3 aromatic rings. The van der Waals surface area contributed by atoms with Gasteiger partial charge in [-0.15, -0.1) is 0 Å². The van der Waals surface area contributed by atoms with E-state index in [1.54, 1.807) is 0 Å². The van der Waals surface area contributed by atoms with Gasteiger partial charge in [-0.3, -0.25) is 4.79 Å². The summed E-state index contributed by atoms with van der Waals surface area (Å²) in [5, 5.41) is 2.94. The van der Waals surface area contributed by atoms with Gasteiger partial charge in [-0.05, 0) is 36.1 Å². The molecule has 0 aliphatic carbocycles. The number of aromatic nitrogens is 1. The van der Waals surface area contributed by atoms with E-state index in [0.717, 1.165) is 17.7 Å². The van der Waals surface area contributed by atoms with E-state index in [0.29, 0.717) is 5.92 Å². The predicted octanol–water partition coefficient (Wildman–Crippen LogP) is 5.55. The lowest BCUT2D eigenvalue weighted by Gasteiger charge is -2.15. The van der Waals surface area contributed by atoms with Gasteiger partial charge in [0, 0.05) is 12.8 Å². The molecule has 0 aliphatic heterocycles. The van der Waals surface area contributed by atoms with Crippen LogP contribution in [0.25, 0.3) is 11.3 Å². The van der Waals surface area contributed by atoms with E-state index < -0.39 is 11.6 Å². The fourth-order valence-corrected chi connectivity index (χ4v) is 3.06. The molecule has 0 aliphatic rings. The number of hydrogen-bond donors (Lipinski definition) is 1. The first-order valence-electron chi connectivity index (χ1n) is 9.63. The molecule has 1 atom stereocenters. The third-order valence-corrected chi connectivity index (χ3v) is 4.81. The van der Waals surface area contributed by atoms with E-state index in [2.05, 4.69) is 36.3 Å². The van der Waals surface area contributed by atoms with Gasteiger partial charge in [0.25, 0.3) is 0 Å². The maximum absolute atomic E-state index is 13.8. The van der Waals surface area contributed by atoms with Gasteiger partial charge in [-0.1, -0.05) is 44.2 Å². The summed E-state index contributed by atoms with van der Waals surface area (Å²) in [5.41, 5.74) is 2.02. The number of benzene rings is 2. The molecule has 1 amide bonds. The molecule has 1 N–H and O–H groups in total. The van der Waals surface area contributed by atoms with Crippen LogP contribution in [0.2, 0.25) is 0 Å². The van der Waals surface area contributed by atoms with Gasteiger partial charge in [-0.2, -0.15) is 0 Å². The van der Waals surface area contributed by atoms with Crippen LogP contribution in [0, 0.1) is 11.6 Å². The maximum Gasteiger partial charge on any atom is 0.220 e. The highest BCUT2D eigenvalue weighted by Crippen LogP contribution is 2.27. The highest BCUT2D eigenvalue weighted by Gasteiger charge is 2.17. The summed E-state index contributed by atoms with van der Waals surface area (Å²) in [7, 11) is 0. The molecule has 0 saturated carbocycles. The number of nitrogens with one attached hydrogen (secondary N) is 1. The van der Waals surface area contributed by atoms with Crippen LogP contribution in [0.15, 0.2) is 53.1 Å². The molecule has 0 radical (unpaired) electrons. The van der Waals surface area contributed by atoms with E-state index >= 15 is 0 Å². The van der Waals surface area contributed by atoms with Crippen molar-refractivity contribution in [3.8, 4) is 11.3 Å². The molecule has 3 rings (SSSR count). The lowest BCUT2D eigenvalue weighted by atomic mass is 9.99. The fraction of sp³-hybridized carbons (Fsp3) is 0.304. The maximum atomic E-state index is 13.8. The zero-order valence-corrected chi connectivity index (χ0v) is 16.7. The lowest BCUT2D eigenvalue weighted by Crippen LogP contribution is -2.26. The summed E-state index contributed by atoms with van der Waals surface area (Å²) in [5.74, 6) is -0.869. The average Bonchev–Trinajstić information content (AvgIpc) is 3.15. The monoisotopic (exact) mass is 398 g/mol. The second-order valence-corrected chi connectivity index (χ2v) is 7.33. The van der Waals surface area contributed by atoms with Crippen LogP contribution < -0.4 is 5.32 Å².